The van der Waals surface area contributed by atoms with Crippen LogP contribution < -0.4 is 4.74 Å². The first-order chi connectivity index (χ1) is 11.5. The molecule has 0 spiro atoms. The summed E-state index contributed by atoms with van der Waals surface area (Å²) < 4.78 is 32.6. The van der Waals surface area contributed by atoms with Gasteiger partial charge >= 0.3 is 0 Å². The molecule has 3 atom stereocenters. The molecule has 1 fully saturated rings. The molecular weight excluding hydrogens is 310 g/mol. The number of hydrogen-bond acceptors (Lipinski definition) is 2. The van der Waals surface area contributed by atoms with Crippen molar-refractivity contribution in [3.8, 4) is 11.5 Å². The lowest BCUT2D eigenvalue weighted by Gasteiger charge is -2.36. The van der Waals surface area contributed by atoms with E-state index in [1.165, 1.54) is 0 Å². The van der Waals surface area contributed by atoms with E-state index >= 15 is 0 Å². The number of benzene rings is 2. The molecule has 2 aromatic carbocycles. The van der Waals surface area contributed by atoms with Crippen LogP contribution in [0.1, 0.15) is 41.6 Å². The Kier molecular flexibility index (Phi) is 3.56. The van der Waals surface area contributed by atoms with Gasteiger partial charge in [0.05, 0.1) is 0 Å². The van der Waals surface area contributed by atoms with Crippen molar-refractivity contribution in [1.29, 1.82) is 0 Å². The van der Waals surface area contributed by atoms with Crippen LogP contribution in [-0.4, -0.2) is 5.11 Å². The molecule has 0 unspecified atom stereocenters. The molecule has 0 saturated heterocycles. The van der Waals surface area contributed by atoms with E-state index in [0.717, 1.165) is 16.7 Å². The Balaban J connectivity index is 1.80. The Labute approximate surface area is 139 Å². The summed E-state index contributed by atoms with van der Waals surface area (Å²) in [7, 11) is 0. The molecule has 1 aliphatic carbocycles. The number of allylic oxidation sites excluding steroid dienone is 1. The summed E-state index contributed by atoms with van der Waals surface area (Å²) in [5.41, 5.74) is 3.20. The van der Waals surface area contributed by atoms with E-state index in [-0.39, 0.29) is 29.3 Å². The average molecular weight is 328 g/mol. The summed E-state index contributed by atoms with van der Waals surface area (Å²) in [5, 5.41) is 9.78. The first-order valence-electron chi connectivity index (χ1n) is 8.12. The molecule has 4 heteroatoms. The number of hydrogen-bond donors (Lipinski definition) is 1. The van der Waals surface area contributed by atoms with Crippen molar-refractivity contribution < 1.29 is 18.6 Å². The fraction of sp³-hybridized carbons (Fsp3) is 0.300. The van der Waals surface area contributed by atoms with E-state index in [4.69, 9.17) is 4.74 Å². The highest BCUT2D eigenvalue weighted by Crippen LogP contribution is 2.56. The van der Waals surface area contributed by atoms with E-state index in [1.54, 1.807) is 18.2 Å². The lowest BCUT2D eigenvalue weighted by atomic mass is 9.80. The van der Waals surface area contributed by atoms with Crippen LogP contribution in [0.25, 0.3) is 0 Å². The minimum atomic E-state index is -1.58. The minimum absolute atomic E-state index is 0.0430. The Morgan fingerprint density at radius 2 is 1.83 bits per heavy atom. The number of fused-ring (bicyclic) bond motifs is 3. The number of aromatic hydroxyl groups is 1. The fourth-order valence-electron chi connectivity index (χ4n) is 3.97. The molecular formula is C20H18F2O2. The fourth-order valence-corrected chi connectivity index (χ4v) is 3.97. The van der Waals surface area contributed by atoms with Crippen molar-refractivity contribution in [3.05, 3.63) is 70.8 Å². The zero-order chi connectivity index (χ0) is 16.8. The van der Waals surface area contributed by atoms with Crippen molar-refractivity contribution in [1.82, 2.24) is 0 Å². The van der Waals surface area contributed by atoms with Crippen LogP contribution in [0.2, 0.25) is 0 Å². The lowest BCUT2D eigenvalue weighted by Crippen LogP contribution is -2.26. The van der Waals surface area contributed by atoms with Crippen molar-refractivity contribution in [3.63, 3.8) is 0 Å². The molecule has 1 N–H and O–H groups in total. The van der Waals surface area contributed by atoms with Crippen LogP contribution in [0.4, 0.5) is 8.78 Å². The molecule has 1 aliphatic heterocycles. The van der Waals surface area contributed by atoms with Gasteiger partial charge in [0.2, 0.25) is 0 Å². The third kappa shape index (κ3) is 2.46. The molecule has 0 bridgehead atoms. The van der Waals surface area contributed by atoms with Crippen molar-refractivity contribution in [2.24, 2.45) is 5.92 Å². The molecule has 0 aromatic heterocycles. The van der Waals surface area contributed by atoms with E-state index < -0.39 is 6.08 Å². The number of phenolic OH excluding ortho intramolecular Hbond substituents is 1. The van der Waals surface area contributed by atoms with E-state index in [2.05, 4.69) is 0 Å². The van der Waals surface area contributed by atoms with Gasteiger partial charge in [-0.3, -0.25) is 0 Å². The molecule has 124 valence electrons. The Morgan fingerprint density at radius 1 is 1.08 bits per heavy atom. The predicted octanol–water partition coefficient (Wildman–Crippen LogP) is 5.48. The van der Waals surface area contributed by atoms with Gasteiger partial charge in [0, 0.05) is 11.5 Å². The molecule has 2 aromatic rings. The van der Waals surface area contributed by atoms with E-state index in [1.807, 2.05) is 31.2 Å². The molecule has 4 rings (SSSR count). The second-order valence-electron chi connectivity index (χ2n) is 6.71. The maximum Gasteiger partial charge on any atom is 0.269 e. The molecule has 1 saturated carbocycles. The second-order valence-corrected chi connectivity index (χ2v) is 6.71. The molecule has 1 heterocycles. The molecule has 2 nitrogen and oxygen atoms in total. The number of aryl methyl sites for hydroxylation is 1. The normalized spacial score (nSPS) is 25.0. The number of rotatable bonds is 1. The average Bonchev–Trinajstić information content (AvgIpc) is 3.01. The summed E-state index contributed by atoms with van der Waals surface area (Å²) in [5.74, 6) is 0.727. The van der Waals surface area contributed by atoms with Crippen molar-refractivity contribution in [2.75, 3.05) is 0 Å². The highest BCUT2D eigenvalue weighted by molar-refractivity contribution is 5.47. The topological polar surface area (TPSA) is 29.5 Å². The smallest absolute Gasteiger partial charge is 0.269 e. The van der Waals surface area contributed by atoms with E-state index in [0.29, 0.717) is 18.6 Å². The van der Waals surface area contributed by atoms with E-state index in [9.17, 15) is 13.9 Å². The number of ether oxygens (including phenoxy) is 1. The van der Waals surface area contributed by atoms with Crippen molar-refractivity contribution in [2.45, 2.75) is 31.8 Å². The van der Waals surface area contributed by atoms with Crippen LogP contribution in [0, 0.1) is 12.8 Å². The van der Waals surface area contributed by atoms with Crippen molar-refractivity contribution >= 4 is 0 Å². The van der Waals surface area contributed by atoms with Crippen LogP contribution in [0.3, 0.4) is 0 Å². The van der Waals surface area contributed by atoms with Crippen LogP contribution in [-0.2, 0) is 0 Å². The Hall–Kier alpha value is -2.36. The highest BCUT2D eigenvalue weighted by atomic mass is 19.3. The SMILES string of the molecule is Cc1ccc([C@@H]2Oc3ccc(O)cc3[C@@H]3CC(=C(F)F)C[C@@H]32)cc1. The summed E-state index contributed by atoms with van der Waals surface area (Å²) in [6.07, 6.45) is -1.16. The monoisotopic (exact) mass is 328 g/mol. The molecule has 0 amide bonds. The van der Waals surface area contributed by atoms with Crippen LogP contribution >= 0.6 is 0 Å². The van der Waals surface area contributed by atoms with Gasteiger partial charge in [0.1, 0.15) is 17.6 Å². The minimum Gasteiger partial charge on any atom is -0.508 e. The molecule has 2 aliphatic rings. The zero-order valence-electron chi connectivity index (χ0n) is 13.3. The maximum atomic E-state index is 13.2. The van der Waals surface area contributed by atoms with Gasteiger partial charge in [-0.25, -0.2) is 0 Å². The highest BCUT2D eigenvalue weighted by Gasteiger charge is 2.45. The van der Waals surface area contributed by atoms with Crippen LogP contribution in [0.15, 0.2) is 54.1 Å². The van der Waals surface area contributed by atoms with Gasteiger partial charge in [-0.1, -0.05) is 29.8 Å². The molecule has 24 heavy (non-hydrogen) atoms. The van der Waals surface area contributed by atoms with Gasteiger partial charge in [-0.05, 0) is 55.0 Å². The first kappa shape index (κ1) is 15.2. The summed E-state index contributed by atoms with van der Waals surface area (Å²) >= 11 is 0. The number of halogens is 2. The summed E-state index contributed by atoms with van der Waals surface area (Å²) in [4.78, 5) is 0. The van der Waals surface area contributed by atoms with Gasteiger partial charge < -0.3 is 9.84 Å². The Bertz CT molecular complexity index is 807. The summed E-state index contributed by atoms with van der Waals surface area (Å²) in [6.45, 7) is 2.02. The predicted molar refractivity (Wildman–Crippen MR) is 87.4 cm³/mol. The molecule has 0 radical (unpaired) electrons. The summed E-state index contributed by atoms with van der Waals surface area (Å²) in [6, 6.07) is 13.0. The Morgan fingerprint density at radius 3 is 2.54 bits per heavy atom. The standard InChI is InChI=1S/C20H18F2O2/c1-11-2-4-12(5-3-11)19-17-9-13(20(21)22)8-15(17)16-10-14(23)6-7-18(16)24-19/h2-7,10,15,17,19,23H,8-9H2,1H3/t15-,17-,19-/m0/s1. The van der Waals surface area contributed by atoms with Crippen LogP contribution in [0.5, 0.6) is 11.5 Å². The zero-order valence-corrected chi connectivity index (χ0v) is 13.3. The largest absolute Gasteiger partial charge is 0.508 e. The van der Waals surface area contributed by atoms with Gasteiger partial charge in [-0.15, -0.1) is 0 Å². The van der Waals surface area contributed by atoms with Gasteiger partial charge in [0.15, 0.2) is 0 Å². The quantitative estimate of drug-likeness (QED) is 0.751. The number of phenols is 1. The first-order valence-corrected chi connectivity index (χ1v) is 8.12. The second kappa shape index (κ2) is 5.62. The van der Waals surface area contributed by atoms with Gasteiger partial charge in [-0.2, -0.15) is 8.78 Å². The maximum absolute atomic E-state index is 13.2. The lowest BCUT2D eigenvalue weighted by molar-refractivity contribution is 0.105. The van der Waals surface area contributed by atoms with Gasteiger partial charge in [0.25, 0.3) is 6.08 Å². The third-order valence-corrected chi connectivity index (χ3v) is 5.17. The third-order valence-electron chi connectivity index (χ3n) is 5.17.